The van der Waals surface area contributed by atoms with E-state index in [1.54, 1.807) is 24.3 Å². The van der Waals surface area contributed by atoms with Crippen LogP contribution in [0.25, 0.3) is 5.76 Å². The van der Waals surface area contributed by atoms with Gasteiger partial charge in [0.1, 0.15) is 17.3 Å². The molecule has 6 nitrogen and oxygen atoms in total. The van der Waals surface area contributed by atoms with Gasteiger partial charge in [-0.3, -0.25) is 14.5 Å². The lowest BCUT2D eigenvalue weighted by Crippen LogP contribution is -2.29. The van der Waals surface area contributed by atoms with Crippen LogP contribution in [0.4, 0.5) is 5.69 Å². The molecule has 39 heavy (non-hydrogen) atoms. The van der Waals surface area contributed by atoms with Crippen molar-refractivity contribution in [1.29, 1.82) is 0 Å². The van der Waals surface area contributed by atoms with E-state index in [1.807, 2.05) is 61.5 Å². The maximum Gasteiger partial charge on any atom is 0.300 e. The number of hydrogen-bond donors (Lipinski definition) is 1. The highest BCUT2D eigenvalue weighted by Crippen LogP contribution is 2.44. The zero-order valence-corrected chi connectivity index (χ0v) is 22.5. The number of benzene rings is 4. The Balaban J connectivity index is 1.62. The molecule has 1 amide bonds. The van der Waals surface area contributed by atoms with Gasteiger partial charge in [-0.05, 0) is 61.0 Å². The maximum atomic E-state index is 13.5. The molecule has 4 aromatic carbocycles. The van der Waals surface area contributed by atoms with Gasteiger partial charge in [-0.2, -0.15) is 0 Å². The number of aryl methyl sites for hydroxylation is 1. The summed E-state index contributed by atoms with van der Waals surface area (Å²) < 4.78 is 11.1. The average Bonchev–Trinajstić information content (AvgIpc) is 3.19. The number of ketones is 1. The van der Waals surface area contributed by atoms with Crippen LogP contribution in [-0.2, 0) is 9.59 Å². The summed E-state index contributed by atoms with van der Waals surface area (Å²) in [6.07, 6.45) is 0. The standard InChI is InChI=1S/C31H23Cl2NO5/c1-18-7-6-8-19(15-18)27-26(28(35)20-16-24(32)30(38-2)25(33)17-20)29(36)31(37)34(27)21-11-13-23(14-12-21)39-22-9-4-3-5-10-22/h3-17,27,35H,1-2H3/b28-26+. The Kier molecular flexibility index (Phi) is 7.33. The van der Waals surface area contributed by atoms with Crippen LogP contribution in [0.15, 0.2) is 96.6 Å². The molecule has 0 aromatic heterocycles. The zero-order chi connectivity index (χ0) is 27.7. The minimum absolute atomic E-state index is 0.0764. The quantitative estimate of drug-likeness (QED) is 0.148. The Labute approximate surface area is 235 Å². The molecule has 1 atom stereocenters. The average molecular weight is 560 g/mol. The van der Waals surface area contributed by atoms with Crippen molar-refractivity contribution < 1.29 is 24.2 Å². The van der Waals surface area contributed by atoms with Gasteiger partial charge in [-0.1, -0.05) is 71.2 Å². The lowest BCUT2D eigenvalue weighted by molar-refractivity contribution is -0.132. The van der Waals surface area contributed by atoms with E-state index in [0.29, 0.717) is 22.7 Å². The van der Waals surface area contributed by atoms with Gasteiger partial charge in [0.15, 0.2) is 5.75 Å². The van der Waals surface area contributed by atoms with Crippen LogP contribution in [0.5, 0.6) is 17.2 Å². The van der Waals surface area contributed by atoms with Gasteiger partial charge >= 0.3 is 0 Å². The minimum atomic E-state index is -0.898. The van der Waals surface area contributed by atoms with Crippen molar-refractivity contribution in [3.63, 3.8) is 0 Å². The highest BCUT2D eigenvalue weighted by atomic mass is 35.5. The predicted octanol–water partition coefficient (Wildman–Crippen LogP) is 7.73. The SMILES string of the molecule is COc1c(Cl)cc(/C(O)=C2\C(=O)C(=O)N(c3ccc(Oc4ccccc4)cc3)C2c2cccc(C)c2)cc1Cl. The number of para-hydroxylation sites is 1. The number of anilines is 1. The van der Waals surface area contributed by atoms with Crippen LogP contribution < -0.4 is 14.4 Å². The number of ether oxygens (including phenoxy) is 2. The van der Waals surface area contributed by atoms with E-state index in [0.717, 1.165) is 5.56 Å². The zero-order valence-electron chi connectivity index (χ0n) is 21.0. The monoisotopic (exact) mass is 559 g/mol. The second kappa shape index (κ2) is 10.8. The first kappa shape index (κ1) is 26.4. The molecule has 1 unspecified atom stereocenters. The van der Waals surface area contributed by atoms with Crippen molar-refractivity contribution in [1.82, 2.24) is 0 Å². The molecule has 0 spiro atoms. The van der Waals surface area contributed by atoms with Crippen LogP contribution >= 0.6 is 23.2 Å². The van der Waals surface area contributed by atoms with E-state index in [4.69, 9.17) is 32.7 Å². The normalized spacial score (nSPS) is 16.4. The molecule has 8 heteroatoms. The van der Waals surface area contributed by atoms with Crippen LogP contribution in [0.1, 0.15) is 22.7 Å². The third-order valence-electron chi connectivity index (χ3n) is 6.37. The van der Waals surface area contributed by atoms with Crippen LogP contribution in [-0.4, -0.2) is 23.9 Å². The molecule has 4 aromatic rings. The third-order valence-corrected chi connectivity index (χ3v) is 6.93. The molecule has 196 valence electrons. The number of aliphatic hydroxyl groups is 1. The smallest absolute Gasteiger partial charge is 0.300 e. The molecule has 1 saturated heterocycles. The minimum Gasteiger partial charge on any atom is -0.507 e. The largest absolute Gasteiger partial charge is 0.507 e. The van der Waals surface area contributed by atoms with Crippen LogP contribution in [0, 0.1) is 6.92 Å². The summed E-state index contributed by atoms with van der Waals surface area (Å²) in [5.74, 6) is -0.517. The molecule has 1 fully saturated rings. The third kappa shape index (κ3) is 5.09. The molecule has 5 rings (SSSR count). The summed E-state index contributed by atoms with van der Waals surface area (Å²) in [5.41, 5.74) is 2.17. The van der Waals surface area contributed by atoms with E-state index >= 15 is 0 Å². The van der Waals surface area contributed by atoms with Crippen LogP contribution in [0.2, 0.25) is 10.0 Å². The summed E-state index contributed by atoms with van der Waals surface area (Å²) in [7, 11) is 1.42. The van der Waals surface area contributed by atoms with Crippen molar-refractivity contribution in [2.75, 3.05) is 12.0 Å². The first-order chi connectivity index (χ1) is 18.8. The van der Waals surface area contributed by atoms with Crippen LogP contribution in [0.3, 0.4) is 0 Å². The lowest BCUT2D eigenvalue weighted by atomic mass is 9.94. The Morgan fingerprint density at radius 2 is 1.49 bits per heavy atom. The van der Waals surface area contributed by atoms with Gasteiger partial charge < -0.3 is 14.6 Å². The highest BCUT2D eigenvalue weighted by Gasteiger charge is 2.47. The van der Waals surface area contributed by atoms with E-state index in [-0.39, 0.29) is 26.9 Å². The van der Waals surface area contributed by atoms with Crippen molar-refractivity contribution in [3.05, 3.63) is 123 Å². The molecule has 1 aliphatic rings. The molecule has 1 N–H and O–H groups in total. The van der Waals surface area contributed by atoms with Crippen molar-refractivity contribution in [3.8, 4) is 17.2 Å². The number of nitrogens with zero attached hydrogens (tertiary/aromatic N) is 1. The van der Waals surface area contributed by atoms with E-state index < -0.39 is 23.5 Å². The first-order valence-electron chi connectivity index (χ1n) is 12.0. The summed E-state index contributed by atoms with van der Waals surface area (Å²) in [6, 6.07) is 25.6. The fraction of sp³-hybridized carbons (Fsp3) is 0.0968. The fourth-order valence-corrected chi connectivity index (χ4v) is 5.24. The van der Waals surface area contributed by atoms with Gasteiger partial charge in [0.05, 0.1) is 28.8 Å². The molecule has 0 aliphatic carbocycles. The summed E-state index contributed by atoms with van der Waals surface area (Å²) in [5, 5.41) is 11.7. The summed E-state index contributed by atoms with van der Waals surface area (Å²) in [6.45, 7) is 1.91. The van der Waals surface area contributed by atoms with Gasteiger partial charge in [0, 0.05) is 11.3 Å². The Bertz CT molecular complexity index is 1580. The van der Waals surface area contributed by atoms with Gasteiger partial charge in [-0.25, -0.2) is 0 Å². The van der Waals surface area contributed by atoms with Gasteiger partial charge in [-0.15, -0.1) is 0 Å². The number of halogens is 2. The number of aliphatic hydroxyl groups excluding tert-OH is 1. The summed E-state index contributed by atoms with van der Waals surface area (Å²) in [4.78, 5) is 28.3. The molecular formula is C31H23Cl2NO5. The number of rotatable bonds is 6. The molecular weight excluding hydrogens is 537 g/mol. The number of Topliss-reactive ketones (excluding diaryl/α,β-unsaturated/α-hetero) is 1. The Morgan fingerprint density at radius 3 is 2.10 bits per heavy atom. The number of carbonyl (C=O) groups excluding carboxylic acids is 2. The highest BCUT2D eigenvalue weighted by molar-refractivity contribution is 6.51. The lowest BCUT2D eigenvalue weighted by Gasteiger charge is -2.26. The summed E-state index contributed by atoms with van der Waals surface area (Å²) >= 11 is 12.6. The van der Waals surface area contributed by atoms with E-state index in [2.05, 4.69) is 0 Å². The first-order valence-corrected chi connectivity index (χ1v) is 12.8. The van der Waals surface area contributed by atoms with Gasteiger partial charge in [0.25, 0.3) is 11.7 Å². The number of carbonyl (C=O) groups is 2. The fourth-order valence-electron chi connectivity index (χ4n) is 4.60. The van der Waals surface area contributed by atoms with Crippen molar-refractivity contribution in [2.24, 2.45) is 0 Å². The van der Waals surface area contributed by atoms with Gasteiger partial charge in [0.2, 0.25) is 0 Å². The maximum absolute atomic E-state index is 13.5. The molecule has 0 radical (unpaired) electrons. The molecule has 1 aliphatic heterocycles. The number of amides is 1. The van der Waals surface area contributed by atoms with E-state index in [1.165, 1.54) is 24.1 Å². The second-order valence-electron chi connectivity index (χ2n) is 8.97. The molecule has 0 saturated carbocycles. The molecule has 0 bridgehead atoms. The second-order valence-corrected chi connectivity index (χ2v) is 9.78. The van der Waals surface area contributed by atoms with Crippen molar-refractivity contribution >= 4 is 46.3 Å². The Hall–Kier alpha value is -4.26. The number of hydrogen-bond acceptors (Lipinski definition) is 5. The molecule has 1 heterocycles. The topological polar surface area (TPSA) is 76.1 Å². The van der Waals surface area contributed by atoms with Crippen molar-refractivity contribution in [2.45, 2.75) is 13.0 Å². The number of methoxy groups -OCH3 is 1. The predicted molar refractivity (Wildman–Crippen MR) is 152 cm³/mol. The van der Waals surface area contributed by atoms with E-state index in [9.17, 15) is 14.7 Å². The Morgan fingerprint density at radius 1 is 0.846 bits per heavy atom.